The number of nitrogens with zero attached hydrogens (tertiary/aromatic N) is 1. The second-order valence-electron chi connectivity index (χ2n) is 3.31. The zero-order valence-corrected chi connectivity index (χ0v) is 9.46. The minimum Gasteiger partial charge on any atom is -0.493 e. The van der Waals surface area contributed by atoms with Crippen LogP contribution in [0.3, 0.4) is 0 Å². The van der Waals surface area contributed by atoms with E-state index in [1.54, 1.807) is 13.0 Å². The summed E-state index contributed by atoms with van der Waals surface area (Å²) in [5, 5.41) is 8.77. The number of carbonyl (C=O) groups excluding carboxylic acids is 1. The predicted molar refractivity (Wildman–Crippen MR) is 57.3 cm³/mol. The minimum atomic E-state index is -2.86. The molecule has 0 N–H and O–H groups in total. The van der Waals surface area contributed by atoms with Crippen LogP contribution in [-0.4, -0.2) is 12.4 Å². The number of carbonyl (C=O) groups is 1. The molecule has 0 fully saturated rings. The Morgan fingerprint density at radius 3 is 2.59 bits per heavy atom. The monoisotopic (exact) mass is 239 g/mol. The van der Waals surface area contributed by atoms with Gasteiger partial charge in [-0.05, 0) is 26.0 Å². The Morgan fingerprint density at radius 2 is 2.18 bits per heavy atom. The lowest BCUT2D eigenvalue weighted by molar-refractivity contribution is 0.101. The maximum absolute atomic E-state index is 12.9. The normalized spacial score (nSPS) is 10.1. The Bertz CT molecular complexity index is 478. The molecule has 0 saturated carbocycles. The first-order valence-corrected chi connectivity index (χ1v) is 5.01. The number of halogens is 2. The van der Waals surface area contributed by atoms with E-state index in [-0.39, 0.29) is 29.3 Å². The highest BCUT2D eigenvalue weighted by Crippen LogP contribution is 2.35. The lowest BCUT2D eigenvalue weighted by atomic mass is 10.0. The molecular formula is C12H11F2NO2. The van der Waals surface area contributed by atoms with Crippen LogP contribution >= 0.6 is 0 Å². The lowest BCUT2D eigenvalue weighted by Crippen LogP contribution is -2.06. The van der Waals surface area contributed by atoms with Crippen LogP contribution in [0, 0.1) is 11.3 Å². The van der Waals surface area contributed by atoms with Gasteiger partial charge in [0.05, 0.1) is 29.4 Å². The maximum Gasteiger partial charge on any atom is 0.268 e. The van der Waals surface area contributed by atoms with Gasteiger partial charge in [0.15, 0.2) is 5.78 Å². The van der Waals surface area contributed by atoms with Crippen LogP contribution in [0.1, 0.15) is 41.8 Å². The van der Waals surface area contributed by atoms with Crippen LogP contribution in [0.2, 0.25) is 0 Å². The number of nitriles is 1. The molecule has 0 aromatic heterocycles. The van der Waals surface area contributed by atoms with Crippen molar-refractivity contribution in [3.8, 4) is 11.8 Å². The molecule has 1 aromatic carbocycles. The molecule has 0 aliphatic heterocycles. The van der Waals surface area contributed by atoms with Crippen LogP contribution in [-0.2, 0) is 0 Å². The Morgan fingerprint density at radius 1 is 1.53 bits per heavy atom. The van der Waals surface area contributed by atoms with Crippen LogP contribution in [0.25, 0.3) is 0 Å². The van der Waals surface area contributed by atoms with Crippen molar-refractivity contribution < 1.29 is 18.3 Å². The number of hydrogen-bond acceptors (Lipinski definition) is 3. The smallest absolute Gasteiger partial charge is 0.268 e. The van der Waals surface area contributed by atoms with Crippen molar-refractivity contribution in [2.45, 2.75) is 20.3 Å². The summed E-state index contributed by atoms with van der Waals surface area (Å²) in [5.74, 6) is -0.561. The van der Waals surface area contributed by atoms with E-state index in [0.29, 0.717) is 0 Å². The van der Waals surface area contributed by atoms with E-state index in [1.165, 1.54) is 19.1 Å². The van der Waals surface area contributed by atoms with Gasteiger partial charge < -0.3 is 4.74 Å². The van der Waals surface area contributed by atoms with E-state index >= 15 is 0 Å². The summed E-state index contributed by atoms with van der Waals surface area (Å²) >= 11 is 0. The van der Waals surface area contributed by atoms with E-state index in [4.69, 9.17) is 10.00 Å². The first kappa shape index (κ1) is 13.1. The molecule has 0 radical (unpaired) electrons. The molecule has 5 heteroatoms. The summed E-state index contributed by atoms with van der Waals surface area (Å²) in [4.78, 5) is 11.3. The SMILES string of the molecule is CCOc1c(C(C)=O)ccc(C#N)c1C(F)F. The third kappa shape index (κ3) is 2.59. The third-order valence-corrected chi connectivity index (χ3v) is 2.20. The summed E-state index contributed by atoms with van der Waals surface area (Å²) in [6.07, 6.45) is -2.86. The Hall–Kier alpha value is -1.96. The highest BCUT2D eigenvalue weighted by atomic mass is 19.3. The molecule has 0 atom stereocenters. The Labute approximate surface area is 97.6 Å². The van der Waals surface area contributed by atoms with Crippen LogP contribution in [0.5, 0.6) is 5.75 Å². The molecule has 0 bridgehead atoms. The molecule has 17 heavy (non-hydrogen) atoms. The van der Waals surface area contributed by atoms with E-state index in [1.807, 2.05) is 0 Å². The van der Waals surface area contributed by atoms with Crippen molar-refractivity contribution in [3.05, 3.63) is 28.8 Å². The molecule has 0 saturated heterocycles. The van der Waals surface area contributed by atoms with E-state index in [0.717, 1.165) is 0 Å². The van der Waals surface area contributed by atoms with Crippen LogP contribution in [0.4, 0.5) is 8.78 Å². The van der Waals surface area contributed by atoms with Gasteiger partial charge in [-0.1, -0.05) is 0 Å². The fourth-order valence-electron chi connectivity index (χ4n) is 1.49. The lowest BCUT2D eigenvalue weighted by Gasteiger charge is -2.14. The molecule has 0 unspecified atom stereocenters. The average Bonchev–Trinajstić information content (AvgIpc) is 2.27. The van der Waals surface area contributed by atoms with E-state index < -0.39 is 12.0 Å². The average molecular weight is 239 g/mol. The van der Waals surface area contributed by atoms with Crippen LogP contribution < -0.4 is 4.74 Å². The fourth-order valence-corrected chi connectivity index (χ4v) is 1.49. The van der Waals surface area contributed by atoms with E-state index in [9.17, 15) is 13.6 Å². The van der Waals surface area contributed by atoms with Crippen molar-refractivity contribution >= 4 is 5.78 Å². The molecule has 0 spiro atoms. The number of benzene rings is 1. The van der Waals surface area contributed by atoms with Crippen molar-refractivity contribution in [3.63, 3.8) is 0 Å². The molecule has 0 amide bonds. The van der Waals surface area contributed by atoms with Gasteiger partial charge in [-0.15, -0.1) is 0 Å². The minimum absolute atomic E-state index is 0.0705. The van der Waals surface area contributed by atoms with Gasteiger partial charge in [-0.3, -0.25) is 4.79 Å². The summed E-state index contributed by atoms with van der Waals surface area (Å²) in [7, 11) is 0. The molecule has 0 aliphatic rings. The predicted octanol–water partition coefficient (Wildman–Crippen LogP) is 3.10. The third-order valence-electron chi connectivity index (χ3n) is 2.20. The number of hydrogen-bond donors (Lipinski definition) is 0. The Kier molecular flexibility index (Phi) is 4.16. The van der Waals surface area contributed by atoms with Gasteiger partial charge in [0.2, 0.25) is 0 Å². The van der Waals surface area contributed by atoms with Gasteiger partial charge >= 0.3 is 0 Å². The number of alkyl halides is 2. The highest BCUT2D eigenvalue weighted by Gasteiger charge is 2.23. The maximum atomic E-state index is 12.9. The second kappa shape index (κ2) is 5.39. The van der Waals surface area contributed by atoms with Crippen molar-refractivity contribution in [1.29, 1.82) is 5.26 Å². The summed E-state index contributed by atoms with van der Waals surface area (Å²) in [6.45, 7) is 3.03. The number of ether oxygens (including phenoxy) is 1. The van der Waals surface area contributed by atoms with E-state index in [2.05, 4.69) is 0 Å². The first-order chi connectivity index (χ1) is 8.02. The molecule has 1 aromatic rings. The number of rotatable bonds is 4. The topological polar surface area (TPSA) is 50.1 Å². The van der Waals surface area contributed by atoms with Gasteiger partial charge in [0.1, 0.15) is 5.75 Å². The molecule has 90 valence electrons. The van der Waals surface area contributed by atoms with Gasteiger partial charge in [0.25, 0.3) is 6.43 Å². The summed E-state index contributed by atoms with van der Waals surface area (Å²) in [5.41, 5.74) is -0.614. The quantitative estimate of drug-likeness (QED) is 0.758. The zero-order chi connectivity index (χ0) is 13.0. The number of Topliss-reactive ketones (excluding diaryl/α,β-unsaturated/α-hetero) is 1. The zero-order valence-electron chi connectivity index (χ0n) is 9.46. The van der Waals surface area contributed by atoms with Gasteiger partial charge in [-0.2, -0.15) is 5.26 Å². The molecule has 3 nitrogen and oxygen atoms in total. The number of ketones is 1. The van der Waals surface area contributed by atoms with Crippen molar-refractivity contribution in [2.24, 2.45) is 0 Å². The molecule has 0 heterocycles. The fraction of sp³-hybridized carbons (Fsp3) is 0.333. The highest BCUT2D eigenvalue weighted by molar-refractivity contribution is 5.97. The molecular weight excluding hydrogens is 228 g/mol. The summed E-state index contributed by atoms with van der Waals surface area (Å²) in [6, 6.07) is 4.21. The van der Waals surface area contributed by atoms with Gasteiger partial charge in [0, 0.05) is 0 Å². The summed E-state index contributed by atoms with van der Waals surface area (Å²) < 4.78 is 30.9. The molecule has 0 aliphatic carbocycles. The first-order valence-electron chi connectivity index (χ1n) is 5.01. The van der Waals surface area contributed by atoms with Crippen LogP contribution in [0.15, 0.2) is 12.1 Å². The standard InChI is InChI=1S/C12H11F2NO2/c1-3-17-11-9(7(2)16)5-4-8(6-15)10(11)12(13)14/h4-5,12H,3H2,1-2H3. The van der Waals surface area contributed by atoms with Crippen molar-refractivity contribution in [2.75, 3.05) is 6.61 Å². The van der Waals surface area contributed by atoms with Gasteiger partial charge in [-0.25, -0.2) is 8.78 Å². The van der Waals surface area contributed by atoms with Crippen molar-refractivity contribution in [1.82, 2.24) is 0 Å². The molecule has 1 rings (SSSR count). The largest absolute Gasteiger partial charge is 0.493 e. The second-order valence-corrected chi connectivity index (χ2v) is 3.31. The Balaban J connectivity index is 3.54.